The number of benzene rings is 2. The van der Waals surface area contributed by atoms with Gasteiger partial charge in [0.25, 0.3) is 5.56 Å². The molecule has 4 heterocycles. The minimum atomic E-state index is -0.659. The average Bonchev–Trinajstić information content (AvgIpc) is 3.67. The first-order valence-corrected chi connectivity index (χ1v) is 12.2. The third-order valence-electron chi connectivity index (χ3n) is 6.13. The van der Waals surface area contributed by atoms with Crippen molar-refractivity contribution in [1.82, 2.24) is 40.0 Å². The number of tetrazole rings is 1. The van der Waals surface area contributed by atoms with Crippen LogP contribution in [0.4, 0.5) is 4.39 Å². The van der Waals surface area contributed by atoms with Crippen molar-refractivity contribution in [3.05, 3.63) is 124 Å². The number of aromatic nitrogens is 8. The minimum Gasteiger partial charge on any atom is -0.418 e. The molecule has 0 aliphatic rings. The molecular formula is C27H18ClFN8O2. The van der Waals surface area contributed by atoms with E-state index < -0.39 is 6.04 Å². The van der Waals surface area contributed by atoms with Crippen LogP contribution in [-0.2, 0) is 6.42 Å². The summed E-state index contributed by atoms with van der Waals surface area (Å²) in [5, 5.41) is 20.3. The Balaban J connectivity index is 1.42. The number of hydrogen-bond acceptors (Lipinski definition) is 8. The summed E-state index contributed by atoms with van der Waals surface area (Å²) in [7, 11) is 0. The number of halogens is 2. The average molecular weight is 541 g/mol. The largest absolute Gasteiger partial charge is 0.418 e. The van der Waals surface area contributed by atoms with Gasteiger partial charge < -0.3 is 8.98 Å². The highest BCUT2D eigenvalue weighted by Crippen LogP contribution is 2.30. The number of pyridine rings is 2. The van der Waals surface area contributed by atoms with Gasteiger partial charge in [0, 0.05) is 41.7 Å². The Morgan fingerprint density at radius 1 is 1.00 bits per heavy atom. The van der Waals surface area contributed by atoms with Gasteiger partial charge >= 0.3 is 0 Å². The van der Waals surface area contributed by atoms with Gasteiger partial charge in [0.2, 0.25) is 11.8 Å². The topological polar surface area (TPSA) is 117 Å². The summed E-state index contributed by atoms with van der Waals surface area (Å²) in [6.45, 7) is 0. The van der Waals surface area contributed by atoms with Gasteiger partial charge in [0.05, 0.1) is 11.3 Å². The van der Waals surface area contributed by atoms with Crippen LogP contribution >= 0.6 is 11.6 Å². The van der Waals surface area contributed by atoms with Gasteiger partial charge in [0.1, 0.15) is 18.2 Å². The zero-order valence-corrected chi connectivity index (χ0v) is 20.9. The van der Waals surface area contributed by atoms with Crippen molar-refractivity contribution in [2.75, 3.05) is 0 Å². The zero-order valence-electron chi connectivity index (χ0n) is 20.1. The third kappa shape index (κ3) is 5.07. The molecule has 0 saturated heterocycles. The normalized spacial score (nSPS) is 11.9. The molecule has 0 amide bonds. The summed E-state index contributed by atoms with van der Waals surface area (Å²) in [5.41, 5.74) is 3.06. The minimum absolute atomic E-state index is 0.227. The maximum Gasteiger partial charge on any atom is 0.251 e. The molecule has 2 aromatic carbocycles. The van der Waals surface area contributed by atoms with Gasteiger partial charge in [-0.1, -0.05) is 23.7 Å². The molecule has 0 saturated carbocycles. The highest BCUT2D eigenvalue weighted by atomic mass is 35.5. The molecule has 0 aliphatic carbocycles. The van der Waals surface area contributed by atoms with Crippen LogP contribution in [0.3, 0.4) is 0 Å². The molecule has 0 N–H and O–H groups in total. The lowest BCUT2D eigenvalue weighted by molar-refractivity contribution is 0.410. The van der Waals surface area contributed by atoms with Crippen LogP contribution in [0.25, 0.3) is 28.3 Å². The lowest BCUT2D eigenvalue weighted by Gasteiger charge is -2.18. The fourth-order valence-electron chi connectivity index (χ4n) is 4.25. The first-order chi connectivity index (χ1) is 19.0. The van der Waals surface area contributed by atoms with E-state index in [4.69, 9.17) is 16.0 Å². The molecule has 0 fully saturated rings. The maximum atomic E-state index is 13.6. The summed E-state index contributed by atoms with van der Waals surface area (Å²) in [6, 6.07) is 17.5. The molecule has 4 aromatic heterocycles. The molecule has 0 spiro atoms. The number of hydrogen-bond donors (Lipinski definition) is 0. The summed E-state index contributed by atoms with van der Waals surface area (Å²) in [6.07, 6.45) is 6.68. The van der Waals surface area contributed by atoms with Crippen LogP contribution in [-0.4, -0.2) is 40.0 Å². The first-order valence-electron chi connectivity index (χ1n) is 11.8. The van der Waals surface area contributed by atoms with Crippen LogP contribution < -0.4 is 5.56 Å². The van der Waals surface area contributed by atoms with Gasteiger partial charge in [0.15, 0.2) is 0 Å². The Hall–Kier alpha value is -5.03. The van der Waals surface area contributed by atoms with E-state index in [1.807, 2.05) is 0 Å². The maximum absolute atomic E-state index is 13.6. The van der Waals surface area contributed by atoms with Crippen molar-refractivity contribution in [2.45, 2.75) is 12.5 Å². The quantitative estimate of drug-likeness (QED) is 0.289. The van der Waals surface area contributed by atoms with Crippen molar-refractivity contribution >= 4 is 11.6 Å². The zero-order chi connectivity index (χ0) is 26.8. The van der Waals surface area contributed by atoms with E-state index in [1.165, 1.54) is 33.8 Å². The van der Waals surface area contributed by atoms with E-state index in [9.17, 15) is 9.18 Å². The van der Waals surface area contributed by atoms with E-state index in [0.29, 0.717) is 33.8 Å². The van der Waals surface area contributed by atoms with Gasteiger partial charge in [-0.2, -0.15) is 4.68 Å². The van der Waals surface area contributed by atoms with E-state index in [-0.39, 0.29) is 23.2 Å². The third-order valence-corrected chi connectivity index (χ3v) is 6.36. The molecule has 192 valence electrons. The lowest BCUT2D eigenvalue weighted by atomic mass is 10.0. The molecule has 6 rings (SSSR count). The molecule has 1 atom stereocenters. The molecule has 39 heavy (non-hydrogen) atoms. The Morgan fingerprint density at radius 3 is 2.62 bits per heavy atom. The molecule has 0 bridgehead atoms. The van der Waals surface area contributed by atoms with Crippen molar-refractivity contribution in [3.63, 3.8) is 0 Å². The molecular weight excluding hydrogens is 523 g/mol. The van der Waals surface area contributed by atoms with Crippen molar-refractivity contribution in [3.8, 4) is 28.3 Å². The van der Waals surface area contributed by atoms with Gasteiger partial charge in [-0.15, -0.1) is 15.3 Å². The van der Waals surface area contributed by atoms with Crippen LogP contribution in [0.2, 0.25) is 5.02 Å². The van der Waals surface area contributed by atoms with E-state index in [0.717, 1.165) is 5.56 Å². The molecule has 12 heteroatoms. The Kier molecular flexibility index (Phi) is 6.47. The van der Waals surface area contributed by atoms with Crippen LogP contribution in [0.5, 0.6) is 0 Å². The second-order valence-corrected chi connectivity index (χ2v) is 9.05. The Labute approximate surface area is 225 Å². The van der Waals surface area contributed by atoms with E-state index in [2.05, 4.69) is 30.7 Å². The molecule has 0 radical (unpaired) electrons. The summed E-state index contributed by atoms with van der Waals surface area (Å²) < 4.78 is 22.6. The van der Waals surface area contributed by atoms with Crippen molar-refractivity contribution in [1.29, 1.82) is 0 Å². The molecule has 1 unspecified atom stereocenters. The fraction of sp³-hybridized carbons (Fsp3) is 0.0741. The second kappa shape index (κ2) is 10.4. The van der Waals surface area contributed by atoms with E-state index >= 15 is 0 Å². The predicted molar refractivity (Wildman–Crippen MR) is 140 cm³/mol. The fourth-order valence-corrected chi connectivity index (χ4v) is 4.42. The lowest BCUT2D eigenvalue weighted by Crippen LogP contribution is -2.26. The SMILES string of the molecule is O=c1cc(-c2cc(Cl)ccc2-n2cnnn2)ccn1C(Cc1ccc(F)cc1)c1nnc(-c2cccnc2)o1. The molecule has 10 nitrogen and oxygen atoms in total. The van der Waals surface area contributed by atoms with Gasteiger partial charge in [-0.25, -0.2) is 4.39 Å². The summed E-state index contributed by atoms with van der Waals surface area (Å²) >= 11 is 6.28. The number of rotatable bonds is 7. The Bertz CT molecular complexity index is 1790. The highest BCUT2D eigenvalue weighted by molar-refractivity contribution is 6.31. The monoisotopic (exact) mass is 540 g/mol. The van der Waals surface area contributed by atoms with Crippen LogP contribution in [0, 0.1) is 5.82 Å². The predicted octanol–water partition coefficient (Wildman–Crippen LogP) is 4.56. The van der Waals surface area contributed by atoms with Crippen LogP contribution in [0.15, 0.2) is 101 Å². The first kappa shape index (κ1) is 24.3. The van der Waals surface area contributed by atoms with Crippen LogP contribution in [0.1, 0.15) is 17.5 Å². The Morgan fingerprint density at radius 2 is 1.87 bits per heavy atom. The standard InChI is InChI=1S/C27H18ClFN8O2/c28-20-5-8-23(37-16-31-34-35-37)22(14-20)18-9-11-36(25(38)13-18)24(12-17-3-6-21(29)7-4-17)27-33-32-26(39-27)19-2-1-10-30-15-19/h1-11,13-16,24H,12H2. The molecule has 0 aliphatic heterocycles. The smallest absolute Gasteiger partial charge is 0.251 e. The highest BCUT2D eigenvalue weighted by Gasteiger charge is 2.24. The summed E-state index contributed by atoms with van der Waals surface area (Å²) in [4.78, 5) is 17.6. The van der Waals surface area contributed by atoms with Gasteiger partial charge in [-0.05, 0) is 70.1 Å². The van der Waals surface area contributed by atoms with E-state index in [1.54, 1.807) is 67.1 Å². The number of nitrogens with zero attached hydrogens (tertiary/aromatic N) is 8. The summed E-state index contributed by atoms with van der Waals surface area (Å²) in [5.74, 6) is 0.149. The van der Waals surface area contributed by atoms with Crippen molar-refractivity contribution < 1.29 is 8.81 Å². The molecule has 6 aromatic rings. The van der Waals surface area contributed by atoms with Gasteiger partial charge in [-0.3, -0.25) is 9.78 Å². The van der Waals surface area contributed by atoms with Crippen molar-refractivity contribution in [2.24, 2.45) is 0 Å². The second-order valence-electron chi connectivity index (χ2n) is 8.61.